The van der Waals surface area contributed by atoms with Gasteiger partial charge in [0, 0.05) is 30.5 Å². The third-order valence-corrected chi connectivity index (χ3v) is 6.35. The van der Waals surface area contributed by atoms with Crippen LogP contribution in [0.15, 0.2) is 54.6 Å². The van der Waals surface area contributed by atoms with E-state index < -0.39 is 6.04 Å². The summed E-state index contributed by atoms with van der Waals surface area (Å²) in [5, 5.41) is 3.87. The van der Waals surface area contributed by atoms with Gasteiger partial charge in [-0.1, -0.05) is 86.3 Å². The van der Waals surface area contributed by atoms with Gasteiger partial charge in [0.1, 0.15) is 6.04 Å². The number of amides is 2. The van der Waals surface area contributed by atoms with E-state index in [-0.39, 0.29) is 17.9 Å². The van der Waals surface area contributed by atoms with E-state index in [0.29, 0.717) is 24.4 Å². The molecule has 1 fully saturated rings. The Bertz CT molecular complexity index is 849. The van der Waals surface area contributed by atoms with Crippen molar-refractivity contribution in [3.05, 3.63) is 70.7 Å². The molecule has 4 nitrogen and oxygen atoms in total. The predicted molar refractivity (Wildman–Crippen MR) is 126 cm³/mol. The highest BCUT2D eigenvalue weighted by atomic mass is 35.5. The summed E-state index contributed by atoms with van der Waals surface area (Å²) in [5.74, 6) is -0.0746. The van der Waals surface area contributed by atoms with Crippen LogP contribution < -0.4 is 5.32 Å². The van der Waals surface area contributed by atoms with Crippen LogP contribution >= 0.6 is 11.6 Å². The second-order valence-corrected chi connectivity index (χ2v) is 8.82. The molecular formula is C26H33ClN2O2. The van der Waals surface area contributed by atoms with E-state index in [2.05, 4.69) is 5.32 Å². The number of rotatable bonds is 9. The van der Waals surface area contributed by atoms with Crippen LogP contribution in [0.1, 0.15) is 63.0 Å². The predicted octanol–water partition coefficient (Wildman–Crippen LogP) is 5.53. The number of halogens is 1. The molecule has 1 atom stereocenters. The maximum atomic E-state index is 13.5. The smallest absolute Gasteiger partial charge is 0.243 e. The van der Waals surface area contributed by atoms with Crippen LogP contribution in [0.2, 0.25) is 5.02 Å². The molecule has 0 spiro atoms. The molecule has 31 heavy (non-hydrogen) atoms. The zero-order chi connectivity index (χ0) is 22.1. The molecule has 2 amide bonds. The van der Waals surface area contributed by atoms with Gasteiger partial charge in [-0.2, -0.15) is 0 Å². The first kappa shape index (κ1) is 23.3. The van der Waals surface area contributed by atoms with Crippen molar-refractivity contribution in [1.29, 1.82) is 0 Å². The minimum atomic E-state index is -0.570. The number of nitrogens with zero attached hydrogens (tertiary/aromatic N) is 1. The first-order chi connectivity index (χ1) is 15.1. The van der Waals surface area contributed by atoms with Gasteiger partial charge < -0.3 is 10.2 Å². The van der Waals surface area contributed by atoms with Crippen LogP contribution in [0, 0.1) is 0 Å². The Morgan fingerprint density at radius 2 is 1.71 bits per heavy atom. The lowest BCUT2D eigenvalue weighted by Crippen LogP contribution is -2.52. The molecule has 1 N–H and O–H groups in total. The Hall–Kier alpha value is -2.33. The summed E-state index contributed by atoms with van der Waals surface area (Å²) in [6, 6.07) is 17.1. The van der Waals surface area contributed by atoms with Gasteiger partial charge in [-0.25, -0.2) is 0 Å². The van der Waals surface area contributed by atoms with Gasteiger partial charge in [0.25, 0.3) is 0 Å². The van der Waals surface area contributed by atoms with Crippen molar-refractivity contribution >= 4 is 23.4 Å². The van der Waals surface area contributed by atoms with Crippen molar-refractivity contribution < 1.29 is 9.59 Å². The maximum Gasteiger partial charge on any atom is 0.243 e. The van der Waals surface area contributed by atoms with E-state index in [1.54, 1.807) is 4.90 Å². The topological polar surface area (TPSA) is 49.4 Å². The molecule has 1 aliphatic rings. The quantitative estimate of drug-likeness (QED) is 0.557. The van der Waals surface area contributed by atoms with Crippen LogP contribution in [-0.4, -0.2) is 28.8 Å². The molecule has 2 aromatic carbocycles. The fourth-order valence-electron chi connectivity index (χ4n) is 4.27. The van der Waals surface area contributed by atoms with Crippen LogP contribution in [0.25, 0.3) is 0 Å². The van der Waals surface area contributed by atoms with E-state index in [1.165, 1.54) is 6.42 Å². The highest BCUT2D eigenvalue weighted by Gasteiger charge is 2.31. The fourth-order valence-corrected chi connectivity index (χ4v) is 4.46. The molecule has 0 aliphatic heterocycles. The Morgan fingerprint density at radius 1 is 1.03 bits per heavy atom. The molecule has 1 unspecified atom stereocenters. The third-order valence-electron chi connectivity index (χ3n) is 5.99. The molecule has 0 radical (unpaired) electrons. The highest BCUT2D eigenvalue weighted by molar-refractivity contribution is 6.31. The van der Waals surface area contributed by atoms with Gasteiger partial charge in [0.15, 0.2) is 0 Å². The van der Waals surface area contributed by atoms with Crippen LogP contribution in [0.4, 0.5) is 0 Å². The summed E-state index contributed by atoms with van der Waals surface area (Å²) in [7, 11) is 0. The third kappa shape index (κ3) is 6.83. The Balaban J connectivity index is 1.89. The van der Waals surface area contributed by atoms with Crippen molar-refractivity contribution in [3.8, 4) is 0 Å². The van der Waals surface area contributed by atoms with Crippen LogP contribution in [0.3, 0.4) is 0 Å². The van der Waals surface area contributed by atoms with E-state index in [9.17, 15) is 9.59 Å². The average Bonchev–Trinajstić information content (AvgIpc) is 2.79. The molecule has 2 aromatic rings. The van der Waals surface area contributed by atoms with Crippen LogP contribution in [-0.2, 0) is 22.6 Å². The molecule has 0 bridgehead atoms. The summed E-state index contributed by atoms with van der Waals surface area (Å²) in [6.45, 7) is 2.31. The second kappa shape index (κ2) is 11.9. The van der Waals surface area contributed by atoms with Gasteiger partial charge in [0.05, 0.1) is 0 Å². The molecule has 1 saturated carbocycles. The number of carbonyl (C=O) groups is 2. The zero-order valence-corrected chi connectivity index (χ0v) is 19.1. The average molecular weight is 441 g/mol. The number of benzene rings is 2. The largest absolute Gasteiger partial charge is 0.352 e. The fraction of sp³-hybridized carbons (Fsp3) is 0.462. The van der Waals surface area contributed by atoms with Gasteiger partial charge in [-0.3, -0.25) is 9.59 Å². The molecule has 0 heterocycles. The number of nitrogens with one attached hydrogen (secondary N) is 1. The van der Waals surface area contributed by atoms with E-state index in [0.717, 1.165) is 43.2 Å². The second-order valence-electron chi connectivity index (χ2n) is 8.41. The summed E-state index contributed by atoms with van der Waals surface area (Å²) < 4.78 is 0. The Kier molecular flexibility index (Phi) is 8.96. The monoisotopic (exact) mass is 440 g/mol. The zero-order valence-electron chi connectivity index (χ0n) is 18.4. The highest BCUT2D eigenvalue weighted by Crippen LogP contribution is 2.22. The number of carbonyl (C=O) groups excluding carboxylic acids is 2. The van der Waals surface area contributed by atoms with Crippen molar-refractivity contribution in [1.82, 2.24) is 10.2 Å². The standard InChI is InChI=1S/C26H33ClN2O2/c1-2-11-25(30)29(19-21-14-9-10-17-23(21)27)24(18-20-12-5-3-6-13-20)26(31)28-22-15-7-4-8-16-22/h3,5-6,9-10,12-14,17,22,24H,2,4,7-8,11,15-16,18-19H2,1H3,(H,28,31). The first-order valence-electron chi connectivity index (χ1n) is 11.5. The summed E-state index contributed by atoms with van der Waals surface area (Å²) in [5.41, 5.74) is 1.90. The summed E-state index contributed by atoms with van der Waals surface area (Å²) >= 11 is 6.41. The number of hydrogen-bond acceptors (Lipinski definition) is 2. The van der Waals surface area contributed by atoms with Crippen molar-refractivity contribution in [3.63, 3.8) is 0 Å². The summed E-state index contributed by atoms with van der Waals surface area (Å²) in [6.07, 6.45) is 7.17. The normalized spacial score (nSPS) is 15.3. The molecule has 0 aromatic heterocycles. The molecule has 1 aliphatic carbocycles. The van der Waals surface area contributed by atoms with E-state index >= 15 is 0 Å². The molecular weight excluding hydrogens is 408 g/mol. The van der Waals surface area contributed by atoms with Crippen molar-refractivity contribution in [2.45, 2.75) is 76.9 Å². The Labute approximate surface area is 191 Å². The van der Waals surface area contributed by atoms with Gasteiger partial charge in [-0.05, 0) is 36.5 Å². The van der Waals surface area contributed by atoms with E-state index in [4.69, 9.17) is 11.6 Å². The SMILES string of the molecule is CCCC(=O)N(Cc1ccccc1Cl)C(Cc1ccccc1)C(=O)NC1CCCCC1. The Morgan fingerprint density at radius 3 is 2.39 bits per heavy atom. The molecule has 0 saturated heterocycles. The number of hydrogen-bond donors (Lipinski definition) is 1. The van der Waals surface area contributed by atoms with Crippen molar-refractivity contribution in [2.24, 2.45) is 0 Å². The lowest BCUT2D eigenvalue weighted by Gasteiger charge is -2.33. The van der Waals surface area contributed by atoms with Gasteiger partial charge in [0.2, 0.25) is 11.8 Å². The minimum absolute atomic E-state index is 0.0119. The lowest BCUT2D eigenvalue weighted by atomic mass is 9.94. The van der Waals surface area contributed by atoms with Gasteiger partial charge >= 0.3 is 0 Å². The molecule has 166 valence electrons. The molecule has 3 rings (SSSR count). The maximum absolute atomic E-state index is 13.5. The minimum Gasteiger partial charge on any atom is -0.352 e. The summed E-state index contributed by atoms with van der Waals surface area (Å²) in [4.78, 5) is 28.4. The van der Waals surface area contributed by atoms with Gasteiger partial charge in [-0.15, -0.1) is 0 Å². The first-order valence-corrected chi connectivity index (χ1v) is 11.8. The van der Waals surface area contributed by atoms with Crippen LogP contribution in [0.5, 0.6) is 0 Å². The van der Waals surface area contributed by atoms with Crippen molar-refractivity contribution in [2.75, 3.05) is 0 Å². The van der Waals surface area contributed by atoms with E-state index in [1.807, 2.05) is 61.5 Å². The lowest BCUT2D eigenvalue weighted by molar-refractivity contribution is -0.141. The molecule has 5 heteroatoms.